The van der Waals surface area contributed by atoms with Crippen molar-refractivity contribution >= 4 is 39.9 Å². The van der Waals surface area contributed by atoms with Gasteiger partial charge in [0.2, 0.25) is 0 Å². The molecule has 2 aliphatic heterocycles. The summed E-state index contributed by atoms with van der Waals surface area (Å²) in [6, 6.07) is 6.26. The number of hydrogen-bond donors (Lipinski definition) is 1. The zero-order valence-corrected chi connectivity index (χ0v) is 13.2. The first-order valence-corrected chi connectivity index (χ1v) is 7.26. The summed E-state index contributed by atoms with van der Waals surface area (Å²) in [5.41, 5.74) is 1.31. The summed E-state index contributed by atoms with van der Waals surface area (Å²) < 4.78 is 0.977. The van der Waals surface area contributed by atoms with Crippen LogP contribution in [-0.4, -0.2) is 31.1 Å². The monoisotopic (exact) mass is 350 g/mol. The van der Waals surface area contributed by atoms with Gasteiger partial charge in [0.15, 0.2) is 0 Å². The SMILES string of the molecule is Cl.Clc1cc(CN2C[C@H]3CNC[C@H]3C2)ccc1Br. The lowest BCUT2D eigenvalue weighted by molar-refractivity contribution is 0.305. The van der Waals surface area contributed by atoms with Crippen LogP contribution in [0.4, 0.5) is 0 Å². The summed E-state index contributed by atoms with van der Waals surface area (Å²) in [5, 5.41) is 4.28. The van der Waals surface area contributed by atoms with E-state index in [9.17, 15) is 0 Å². The van der Waals surface area contributed by atoms with E-state index in [2.05, 4.69) is 38.3 Å². The number of benzene rings is 1. The Bertz CT molecular complexity index is 415. The van der Waals surface area contributed by atoms with Crippen LogP contribution in [-0.2, 0) is 6.54 Å². The van der Waals surface area contributed by atoms with Gasteiger partial charge in [0.25, 0.3) is 0 Å². The molecule has 0 saturated carbocycles. The molecule has 0 unspecified atom stereocenters. The van der Waals surface area contributed by atoms with Crippen molar-refractivity contribution in [2.24, 2.45) is 11.8 Å². The molecule has 2 fully saturated rings. The molecule has 2 aliphatic rings. The first-order chi connectivity index (χ1) is 8.22. The first-order valence-electron chi connectivity index (χ1n) is 6.09. The van der Waals surface area contributed by atoms with Crippen LogP contribution < -0.4 is 5.32 Å². The van der Waals surface area contributed by atoms with Crippen LogP contribution in [0, 0.1) is 11.8 Å². The third-order valence-corrected chi connectivity index (χ3v) is 5.09. The molecule has 0 aliphatic carbocycles. The molecule has 3 rings (SSSR count). The number of halogens is 3. The summed E-state index contributed by atoms with van der Waals surface area (Å²) in [7, 11) is 0. The van der Waals surface area contributed by atoms with E-state index in [0.717, 1.165) is 27.9 Å². The van der Waals surface area contributed by atoms with Crippen LogP contribution in [0.2, 0.25) is 5.02 Å². The highest BCUT2D eigenvalue weighted by atomic mass is 79.9. The highest BCUT2D eigenvalue weighted by molar-refractivity contribution is 9.10. The highest BCUT2D eigenvalue weighted by Gasteiger charge is 2.35. The summed E-state index contributed by atoms with van der Waals surface area (Å²) in [6.45, 7) is 5.88. The zero-order chi connectivity index (χ0) is 11.8. The Morgan fingerprint density at radius 1 is 1.28 bits per heavy atom. The standard InChI is InChI=1S/C13H16BrClN2.ClH/c14-12-2-1-9(3-13(12)15)6-17-7-10-4-16-5-11(10)8-17;/h1-3,10-11,16H,4-8H2;1H/t10-,11+;. The van der Waals surface area contributed by atoms with Gasteiger partial charge in [0, 0.05) is 24.1 Å². The molecule has 0 bridgehead atoms. The first kappa shape index (κ1) is 14.6. The number of likely N-dealkylation sites (tertiary alicyclic amines) is 1. The van der Waals surface area contributed by atoms with Crippen LogP contribution in [0.5, 0.6) is 0 Å². The molecule has 18 heavy (non-hydrogen) atoms. The van der Waals surface area contributed by atoms with Gasteiger partial charge < -0.3 is 5.32 Å². The molecule has 0 aromatic heterocycles. The van der Waals surface area contributed by atoms with Gasteiger partial charge in [-0.1, -0.05) is 17.7 Å². The molecule has 2 heterocycles. The van der Waals surface area contributed by atoms with Crippen molar-refractivity contribution in [2.75, 3.05) is 26.2 Å². The van der Waals surface area contributed by atoms with Crippen molar-refractivity contribution in [3.8, 4) is 0 Å². The third kappa shape index (κ3) is 3.02. The summed E-state index contributed by atoms with van der Waals surface area (Å²) >= 11 is 9.55. The Morgan fingerprint density at radius 2 is 1.94 bits per heavy atom. The molecule has 1 aromatic rings. The predicted molar refractivity (Wildman–Crippen MR) is 81.5 cm³/mol. The van der Waals surface area contributed by atoms with Gasteiger partial charge in [0.1, 0.15) is 0 Å². The molecular weight excluding hydrogens is 335 g/mol. The minimum absolute atomic E-state index is 0. The van der Waals surface area contributed by atoms with Crippen molar-refractivity contribution in [3.05, 3.63) is 33.3 Å². The molecule has 100 valence electrons. The topological polar surface area (TPSA) is 15.3 Å². The van der Waals surface area contributed by atoms with Crippen LogP contribution >= 0.6 is 39.9 Å². The number of nitrogens with zero attached hydrogens (tertiary/aromatic N) is 1. The molecule has 2 saturated heterocycles. The fraction of sp³-hybridized carbons (Fsp3) is 0.538. The van der Waals surface area contributed by atoms with Gasteiger partial charge in [-0.15, -0.1) is 12.4 Å². The Balaban J connectivity index is 0.00000120. The highest BCUT2D eigenvalue weighted by Crippen LogP contribution is 2.29. The molecule has 0 amide bonds. The minimum atomic E-state index is 0. The van der Waals surface area contributed by atoms with Crippen LogP contribution in [0.15, 0.2) is 22.7 Å². The van der Waals surface area contributed by atoms with E-state index in [-0.39, 0.29) is 12.4 Å². The van der Waals surface area contributed by atoms with E-state index in [4.69, 9.17) is 11.6 Å². The van der Waals surface area contributed by atoms with Gasteiger partial charge >= 0.3 is 0 Å². The van der Waals surface area contributed by atoms with Crippen LogP contribution in [0.3, 0.4) is 0 Å². The van der Waals surface area contributed by atoms with Crippen molar-refractivity contribution in [1.29, 1.82) is 0 Å². The van der Waals surface area contributed by atoms with Gasteiger partial charge in [-0.2, -0.15) is 0 Å². The summed E-state index contributed by atoms with van der Waals surface area (Å²) in [5.74, 6) is 1.72. The Labute approximate surface area is 128 Å². The van der Waals surface area contributed by atoms with Gasteiger partial charge in [0.05, 0.1) is 5.02 Å². The zero-order valence-electron chi connectivity index (χ0n) is 10.0. The predicted octanol–water partition coefficient (Wildman–Crippen LogP) is 3.18. The van der Waals surface area contributed by atoms with Crippen molar-refractivity contribution in [2.45, 2.75) is 6.54 Å². The maximum absolute atomic E-state index is 6.12. The maximum atomic E-state index is 6.12. The third-order valence-electron chi connectivity index (χ3n) is 3.86. The average Bonchev–Trinajstić information content (AvgIpc) is 2.84. The average molecular weight is 352 g/mol. The number of nitrogens with one attached hydrogen (secondary N) is 1. The van der Waals surface area contributed by atoms with Crippen LogP contribution in [0.25, 0.3) is 0 Å². The van der Waals surface area contributed by atoms with E-state index in [1.54, 1.807) is 0 Å². The second kappa shape index (κ2) is 6.10. The molecular formula is C13H17BrCl2N2. The molecule has 1 N–H and O–H groups in total. The number of fused-ring (bicyclic) bond motifs is 1. The Morgan fingerprint density at radius 3 is 2.56 bits per heavy atom. The van der Waals surface area contributed by atoms with Crippen molar-refractivity contribution in [3.63, 3.8) is 0 Å². The normalized spacial score (nSPS) is 27.0. The van der Waals surface area contributed by atoms with Crippen molar-refractivity contribution < 1.29 is 0 Å². The quantitative estimate of drug-likeness (QED) is 0.880. The smallest absolute Gasteiger partial charge is 0.0551 e. The fourth-order valence-electron chi connectivity index (χ4n) is 2.98. The van der Waals surface area contributed by atoms with E-state index >= 15 is 0 Å². The lowest BCUT2D eigenvalue weighted by Crippen LogP contribution is -2.25. The van der Waals surface area contributed by atoms with E-state index < -0.39 is 0 Å². The largest absolute Gasteiger partial charge is 0.316 e. The van der Waals surface area contributed by atoms with Crippen molar-refractivity contribution in [1.82, 2.24) is 10.2 Å². The molecule has 0 spiro atoms. The second-order valence-corrected chi connectivity index (χ2v) is 6.38. The number of hydrogen-bond acceptors (Lipinski definition) is 2. The molecule has 2 atom stereocenters. The molecule has 0 radical (unpaired) electrons. The fourth-order valence-corrected chi connectivity index (χ4v) is 3.43. The van der Waals surface area contributed by atoms with Gasteiger partial charge in [-0.05, 0) is 58.6 Å². The van der Waals surface area contributed by atoms with Gasteiger partial charge in [-0.3, -0.25) is 4.90 Å². The summed E-state index contributed by atoms with van der Waals surface area (Å²) in [6.07, 6.45) is 0. The van der Waals surface area contributed by atoms with Gasteiger partial charge in [-0.25, -0.2) is 0 Å². The van der Waals surface area contributed by atoms with E-state index in [1.807, 2.05) is 6.07 Å². The van der Waals surface area contributed by atoms with E-state index in [0.29, 0.717) is 0 Å². The molecule has 5 heteroatoms. The molecule has 2 nitrogen and oxygen atoms in total. The lowest BCUT2D eigenvalue weighted by atomic mass is 10.0. The van der Waals surface area contributed by atoms with E-state index in [1.165, 1.54) is 31.7 Å². The minimum Gasteiger partial charge on any atom is -0.316 e. The Kier molecular flexibility index (Phi) is 4.95. The Hall–Kier alpha value is 0.200. The second-order valence-electron chi connectivity index (χ2n) is 5.12. The number of rotatable bonds is 2. The van der Waals surface area contributed by atoms with Crippen LogP contribution in [0.1, 0.15) is 5.56 Å². The summed E-state index contributed by atoms with van der Waals surface area (Å²) in [4.78, 5) is 2.55. The molecule has 1 aromatic carbocycles. The maximum Gasteiger partial charge on any atom is 0.0551 e. The lowest BCUT2D eigenvalue weighted by Gasteiger charge is -2.17.